The number of urea groups is 1. The third-order valence-corrected chi connectivity index (χ3v) is 11.6. The topological polar surface area (TPSA) is 178 Å². The molecular weight excluding hydrogens is 705 g/mol. The quantitative estimate of drug-likeness (QED) is 0.141. The first-order valence-electron chi connectivity index (χ1n) is 18.5. The first-order valence-corrected chi connectivity index (χ1v) is 20.0. The Morgan fingerprint density at radius 2 is 1.85 bits per heavy atom. The molecule has 0 saturated carbocycles. The lowest BCUT2D eigenvalue weighted by molar-refractivity contribution is -0.120. The molecule has 2 aromatic heterocycles. The molecule has 15 heteroatoms. The Balaban J connectivity index is 1.02. The number of likely N-dealkylation sites (tertiary alicyclic amines) is 1. The van der Waals surface area contributed by atoms with Gasteiger partial charge in [0, 0.05) is 56.9 Å². The maximum Gasteiger partial charge on any atom is 0.329 e. The predicted molar refractivity (Wildman–Crippen MR) is 208 cm³/mol. The molecule has 0 radical (unpaired) electrons. The van der Waals surface area contributed by atoms with Crippen LogP contribution >= 0.6 is 0 Å². The molecule has 2 aromatic carbocycles. The number of carbonyl (C=O) groups is 2. The van der Waals surface area contributed by atoms with Crippen LogP contribution in [0.4, 0.5) is 16.6 Å². The summed E-state index contributed by atoms with van der Waals surface area (Å²) in [5.41, 5.74) is 5.10. The van der Waals surface area contributed by atoms with E-state index >= 15 is 0 Å². The van der Waals surface area contributed by atoms with Crippen LogP contribution in [0.2, 0.25) is 0 Å². The van der Waals surface area contributed by atoms with Crippen LogP contribution in [0.5, 0.6) is 0 Å². The number of carbonyl (C=O) groups excluding carboxylic acids is 2. The van der Waals surface area contributed by atoms with Gasteiger partial charge in [-0.25, -0.2) is 27.9 Å². The average molecular weight is 753 g/mol. The fourth-order valence-electron chi connectivity index (χ4n) is 7.27. The molecule has 1 unspecified atom stereocenters. The molecule has 2 saturated heterocycles. The average Bonchev–Trinajstić information content (AvgIpc) is 3.47. The number of sulfonamides is 1. The van der Waals surface area contributed by atoms with E-state index < -0.39 is 16.1 Å². The highest BCUT2D eigenvalue weighted by atomic mass is 32.2. The summed E-state index contributed by atoms with van der Waals surface area (Å²) in [6.07, 6.45) is 8.36. The van der Waals surface area contributed by atoms with Crippen molar-refractivity contribution in [2.24, 2.45) is 7.05 Å². The summed E-state index contributed by atoms with van der Waals surface area (Å²) in [7, 11) is -1.95. The first kappa shape index (κ1) is 38.6. The number of anilines is 2. The molecule has 284 valence electrons. The van der Waals surface area contributed by atoms with E-state index in [-0.39, 0.29) is 29.8 Å². The second-order valence-corrected chi connectivity index (χ2v) is 16.1. The molecule has 4 heterocycles. The third-order valence-electron chi connectivity index (χ3n) is 10.2. The van der Waals surface area contributed by atoms with Gasteiger partial charge in [0.2, 0.25) is 21.9 Å². The number of nitriles is 1. The predicted octanol–water partition coefficient (Wildman–Crippen LogP) is 4.92. The number of aryl methyl sites for hydroxylation is 2. The zero-order valence-electron chi connectivity index (χ0n) is 31.1. The summed E-state index contributed by atoms with van der Waals surface area (Å²) in [6.45, 7) is 11.2. The number of nitrogens with one attached hydrogen (secondary N) is 3. The van der Waals surface area contributed by atoms with Gasteiger partial charge >= 0.3 is 6.03 Å². The maximum atomic E-state index is 13.4. The fourth-order valence-corrected chi connectivity index (χ4v) is 8.37. The minimum atomic E-state index is -3.81. The van der Waals surface area contributed by atoms with Gasteiger partial charge in [-0.15, -0.1) is 0 Å². The van der Waals surface area contributed by atoms with Crippen LogP contribution in [0.25, 0.3) is 10.9 Å². The molecule has 6 rings (SSSR count). The van der Waals surface area contributed by atoms with E-state index in [0.29, 0.717) is 54.7 Å². The van der Waals surface area contributed by atoms with Crippen molar-refractivity contribution >= 4 is 44.6 Å². The van der Waals surface area contributed by atoms with Gasteiger partial charge in [0.25, 0.3) is 0 Å². The van der Waals surface area contributed by atoms with Crippen molar-refractivity contribution in [1.29, 1.82) is 5.26 Å². The van der Waals surface area contributed by atoms with Crippen LogP contribution < -0.4 is 20.3 Å². The van der Waals surface area contributed by atoms with Crippen LogP contribution in [-0.2, 0) is 28.3 Å². The van der Waals surface area contributed by atoms with Crippen LogP contribution in [0.3, 0.4) is 0 Å². The van der Waals surface area contributed by atoms with Gasteiger partial charge in [-0.1, -0.05) is 31.6 Å². The second kappa shape index (κ2) is 16.9. The molecule has 3 N–H and O–H groups in total. The molecule has 4 aromatic rings. The number of aromatic nitrogens is 4. The number of amides is 3. The van der Waals surface area contributed by atoms with Crippen molar-refractivity contribution in [2.45, 2.75) is 75.6 Å². The molecule has 1 atom stereocenters. The van der Waals surface area contributed by atoms with Gasteiger partial charge in [-0.3, -0.25) is 24.6 Å². The van der Waals surface area contributed by atoms with Gasteiger partial charge in [-0.2, -0.15) is 10.4 Å². The van der Waals surface area contributed by atoms with Crippen molar-refractivity contribution in [3.8, 4) is 6.07 Å². The molecule has 2 fully saturated rings. The SMILES string of the molecule is C=C(Cc1cc(S(=O)(=O)NCCC(CCC)Nc2ncc(C)cn2)ccc1C#N)CN1CCC(c2ccc3c(N4CCC(=O)NC4=O)nn(C)c3c2)CC1. The Labute approximate surface area is 316 Å². The standard InChI is InChI=1S/C39H48N10O4S/c1-5-6-32(44-38-41-23-27(3)24-42-38)11-15-43-54(52,53)33-9-7-30(22-40)31(20-33)19-26(2)25-48-16-12-28(13-17-48)29-8-10-34-35(21-29)47(4)46-37(34)49-18-14-36(50)45-39(49)51/h7-10,20-21,23-24,28,32,43H,2,5-6,11-19,25H2,1,3-4H3,(H,41,42,44)(H,45,50,51). The molecule has 14 nitrogen and oxygen atoms in total. The number of hydrogen-bond acceptors (Lipinski definition) is 10. The van der Waals surface area contributed by atoms with E-state index in [0.717, 1.165) is 60.8 Å². The third kappa shape index (κ3) is 9.12. The number of hydrogen-bond donors (Lipinski definition) is 3. The normalized spacial score (nSPS) is 16.3. The highest BCUT2D eigenvalue weighted by Crippen LogP contribution is 2.34. The Morgan fingerprint density at radius 3 is 2.56 bits per heavy atom. The van der Waals surface area contributed by atoms with Crippen LogP contribution in [-0.4, -0.2) is 83.8 Å². The van der Waals surface area contributed by atoms with Gasteiger partial charge in [0.1, 0.15) is 0 Å². The largest absolute Gasteiger partial charge is 0.351 e. The van der Waals surface area contributed by atoms with E-state index in [1.165, 1.54) is 16.5 Å². The molecule has 0 spiro atoms. The highest BCUT2D eigenvalue weighted by molar-refractivity contribution is 7.89. The molecule has 54 heavy (non-hydrogen) atoms. The zero-order valence-corrected chi connectivity index (χ0v) is 32.0. The van der Waals surface area contributed by atoms with E-state index in [9.17, 15) is 23.3 Å². The summed E-state index contributed by atoms with van der Waals surface area (Å²) >= 11 is 0. The number of rotatable bonds is 15. The summed E-state index contributed by atoms with van der Waals surface area (Å²) < 4.78 is 31.2. The summed E-state index contributed by atoms with van der Waals surface area (Å²) in [5, 5.41) is 21.0. The first-order chi connectivity index (χ1) is 25.9. The summed E-state index contributed by atoms with van der Waals surface area (Å²) in [4.78, 5) is 36.8. The van der Waals surface area contributed by atoms with Crippen molar-refractivity contribution < 1.29 is 18.0 Å². The summed E-state index contributed by atoms with van der Waals surface area (Å²) in [6, 6.07) is 12.7. The van der Waals surface area contributed by atoms with Crippen molar-refractivity contribution in [3.05, 3.63) is 83.2 Å². The maximum absolute atomic E-state index is 13.4. The van der Waals surface area contributed by atoms with Gasteiger partial charge in [0.15, 0.2) is 5.82 Å². The number of piperidine rings is 1. The minimum absolute atomic E-state index is 0.00785. The highest BCUT2D eigenvalue weighted by Gasteiger charge is 2.29. The molecule has 0 bridgehead atoms. The van der Waals surface area contributed by atoms with Gasteiger partial charge in [-0.05, 0) is 105 Å². The lowest BCUT2D eigenvalue weighted by Crippen LogP contribution is -2.49. The Morgan fingerprint density at radius 1 is 1.09 bits per heavy atom. The van der Waals surface area contributed by atoms with Crippen LogP contribution in [0.1, 0.15) is 73.6 Å². The number of fused-ring (bicyclic) bond motifs is 1. The van der Waals surface area contributed by atoms with Gasteiger partial charge < -0.3 is 5.32 Å². The Bertz CT molecular complexity index is 2170. The smallest absolute Gasteiger partial charge is 0.329 e. The van der Waals surface area contributed by atoms with Gasteiger partial charge in [0.05, 0.1) is 22.0 Å². The molecule has 2 aliphatic rings. The summed E-state index contributed by atoms with van der Waals surface area (Å²) in [5.74, 6) is 1.15. The van der Waals surface area contributed by atoms with E-state index in [2.05, 4.69) is 67.0 Å². The monoisotopic (exact) mass is 752 g/mol. The van der Waals surface area contributed by atoms with Crippen molar-refractivity contribution in [2.75, 3.05) is 42.9 Å². The van der Waals surface area contributed by atoms with Crippen LogP contribution in [0, 0.1) is 18.3 Å². The lowest BCUT2D eigenvalue weighted by atomic mass is 9.88. The number of imide groups is 1. The van der Waals surface area contributed by atoms with E-state index in [4.69, 9.17) is 0 Å². The van der Waals surface area contributed by atoms with Crippen molar-refractivity contribution in [3.63, 3.8) is 0 Å². The van der Waals surface area contributed by atoms with Crippen molar-refractivity contribution in [1.82, 2.24) is 34.7 Å². The molecule has 0 aliphatic carbocycles. The van der Waals surface area contributed by atoms with E-state index in [1.54, 1.807) is 29.2 Å². The zero-order chi connectivity index (χ0) is 38.4. The number of benzene rings is 2. The number of nitrogens with zero attached hydrogens (tertiary/aromatic N) is 7. The van der Waals surface area contributed by atoms with Crippen LogP contribution in [0.15, 0.2) is 65.8 Å². The lowest BCUT2D eigenvalue weighted by Gasteiger charge is -2.32. The second-order valence-electron chi connectivity index (χ2n) is 14.3. The van der Waals surface area contributed by atoms with E-state index in [1.807, 2.05) is 20.0 Å². The molecule has 2 aliphatic heterocycles. The molecule has 3 amide bonds. The minimum Gasteiger partial charge on any atom is -0.351 e. The Kier molecular flexibility index (Phi) is 12.1. The Hall–Kier alpha value is -5.17. The fraction of sp³-hybridized carbons (Fsp3) is 0.436. The molecular formula is C39H48N10O4S.